The Morgan fingerprint density at radius 2 is 1.68 bits per heavy atom. The highest BCUT2D eigenvalue weighted by Crippen LogP contribution is 2.14. The van der Waals surface area contributed by atoms with Crippen LogP contribution in [0, 0.1) is 0 Å². The van der Waals surface area contributed by atoms with E-state index < -0.39 is 30.2 Å². The van der Waals surface area contributed by atoms with Crippen molar-refractivity contribution in [3.05, 3.63) is 23.8 Å². The van der Waals surface area contributed by atoms with Crippen molar-refractivity contribution in [2.45, 2.75) is 12.6 Å². The third-order valence-electron chi connectivity index (χ3n) is 1.39. The van der Waals surface area contributed by atoms with Crippen molar-refractivity contribution < 1.29 is 36.6 Å². The number of halogens is 5. The second kappa shape index (κ2) is 6.56. The average molecular weight is 287 g/mol. The number of primary amides is 1. The normalized spacial score (nSPS) is 10.6. The van der Waals surface area contributed by atoms with E-state index in [1.54, 1.807) is 0 Å². The Labute approximate surface area is 102 Å². The fourth-order valence-corrected chi connectivity index (χ4v) is 0.578. The molecule has 106 valence electrons. The number of alkyl halides is 5. The maximum atomic E-state index is 11.9. The lowest BCUT2D eigenvalue weighted by Crippen LogP contribution is -2.21. The van der Waals surface area contributed by atoms with E-state index in [-0.39, 0.29) is 5.69 Å². The first-order valence-corrected chi connectivity index (χ1v) is 4.25. The third kappa shape index (κ3) is 6.24. The van der Waals surface area contributed by atoms with Crippen LogP contribution in [0.1, 0.15) is 22.6 Å². The standard InChI is InChI=1S/C6H5F2N3O.C2HF3O2/c7-5(8)3-1-11-4(2-10-3)6(9)12;3-2(4,5)1(6)7/h1-2,5H,(H2,9,12);(H,6,7). The SMILES string of the molecule is NC(=O)c1cnc(C(F)F)cn1.O=C(O)C(F)(F)F. The van der Waals surface area contributed by atoms with Crippen LogP contribution in [0.5, 0.6) is 0 Å². The highest BCUT2D eigenvalue weighted by molar-refractivity contribution is 5.90. The fraction of sp³-hybridized carbons (Fsp3) is 0.250. The first-order valence-electron chi connectivity index (χ1n) is 4.25. The van der Waals surface area contributed by atoms with Crippen LogP contribution in [0.3, 0.4) is 0 Å². The molecule has 1 rings (SSSR count). The van der Waals surface area contributed by atoms with Crippen molar-refractivity contribution in [3.63, 3.8) is 0 Å². The summed E-state index contributed by atoms with van der Waals surface area (Å²) in [5.74, 6) is -3.55. The molecule has 1 heterocycles. The topological polar surface area (TPSA) is 106 Å². The molecule has 0 saturated carbocycles. The predicted octanol–water partition coefficient (Wildman–Crippen LogP) is 1.15. The van der Waals surface area contributed by atoms with Crippen LogP contribution >= 0.6 is 0 Å². The van der Waals surface area contributed by atoms with Gasteiger partial charge in [0.25, 0.3) is 12.3 Å². The van der Waals surface area contributed by atoms with Gasteiger partial charge in [-0.2, -0.15) is 13.2 Å². The number of nitrogens with zero attached hydrogens (tertiary/aromatic N) is 2. The molecule has 11 heteroatoms. The van der Waals surface area contributed by atoms with Gasteiger partial charge in [0.15, 0.2) is 0 Å². The van der Waals surface area contributed by atoms with Gasteiger partial charge in [-0.1, -0.05) is 0 Å². The molecule has 0 fully saturated rings. The van der Waals surface area contributed by atoms with Gasteiger partial charge in [0.1, 0.15) is 11.4 Å². The maximum Gasteiger partial charge on any atom is 0.490 e. The van der Waals surface area contributed by atoms with Crippen LogP contribution in [0.4, 0.5) is 22.0 Å². The molecular weight excluding hydrogens is 281 g/mol. The monoisotopic (exact) mass is 287 g/mol. The molecular formula is C8H6F5N3O3. The van der Waals surface area contributed by atoms with E-state index in [2.05, 4.69) is 9.97 Å². The average Bonchev–Trinajstić information content (AvgIpc) is 2.28. The van der Waals surface area contributed by atoms with Gasteiger partial charge in [0.05, 0.1) is 12.4 Å². The van der Waals surface area contributed by atoms with Crippen molar-refractivity contribution >= 4 is 11.9 Å². The zero-order chi connectivity index (χ0) is 15.2. The van der Waals surface area contributed by atoms with Crippen LogP contribution < -0.4 is 5.73 Å². The lowest BCUT2D eigenvalue weighted by atomic mass is 10.4. The van der Waals surface area contributed by atoms with Gasteiger partial charge in [-0.05, 0) is 0 Å². The Morgan fingerprint density at radius 1 is 1.21 bits per heavy atom. The molecule has 0 saturated heterocycles. The maximum absolute atomic E-state index is 11.9. The molecule has 0 aromatic carbocycles. The van der Waals surface area contributed by atoms with Gasteiger partial charge >= 0.3 is 12.1 Å². The van der Waals surface area contributed by atoms with E-state index in [0.29, 0.717) is 0 Å². The number of carbonyl (C=O) groups is 2. The van der Waals surface area contributed by atoms with E-state index >= 15 is 0 Å². The van der Waals surface area contributed by atoms with Crippen molar-refractivity contribution in [3.8, 4) is 0 Å². The summed E-state index contributed by atoms with van der Waals surface area (Å²) in [6.45, 7) is 0. The summed E-state index contributed by atoms with van der Waals surface area (Å²) >= 11 is 0. The molecule has 0 bridgehead atoms. The number of aliphatic carboxylic acids is 1. The molecule has 1 aromatic heterocycles. The smallest absolute Gasteiger partial charge is 0.475 e. The largest absolute Gasteiger partial charge is 0.490 e. The minimum atomic E-state index is -5.08. The summed E-state index contributed by atoms with van der Waals surface area (Å²) in [6.07, 6.45) is -6.02. The molecule has 1 aromatic rings. The molecule has 0 spiro atoms. The number of carboxylic acid groups (broad SMARTS) is 1. The highest BCUT2D eigenvalue weighted by Gasteiger charge is 2.38. The molecule has 1 amide bonds. The number of amides is 1. The van der Waals surface area contributed by atoms with Gasteiger partial charge in [-0.25, -0.2) is 18.6 Å². The van der Waals surface area contributed by atoms with Crippen molar-refractivity contribution in [2.24, 2.45) is 5.73 Å². The van der Waals surface area contributed by atoms with E-state index in [9.17, 15) is 26.7 Å². The van der Waals surface area contributed by atoms with Crippen molar-refractivity contribution in [2.75, 3.05) is 0 Å². The minimum absolute atomic E-state index is 0.126. The number of hydrogen-bond acceptors (Lipinski definition) is 4. The molecule has 0 aliphatic carbocycles. The van der Waals surface area contributed by atoms with E-state index in [0.717, 1.165) is 12.4 Å². The Kier molecular flexibility index (Phi) is 5.76. The number of rotatable bonds is 2. The summed E-state index contributed by atoms with van der Waals surface area (Å²) in [7, 11) is 0. The summed E-state index contributed by atoms with van der Waals surface area (Å²) in [4.78, 5) is 26.0. The number of carboxylic acids is 1. The molecule has 0 atom stereocenters. The fourth-order valence-electron chi connectivity index (χ4n) is 0.578. The van der Waals surface area contributed by atoms with Crippen LogP contribution in [-0.4, -0.2) is 33.1 Å². The molecule has 0 aliphatic heterocycles. The summed E-state index contributed by atoms with van der Waals surface area (Å²) in [5, 5.41) is 7.12. The van der Waals surface area contributed by atoms with Gasteiger partial charge in [-0.3, -0.25) is 9.78 Å². The number of hydrogen-bond donors (Lipinski definition) is 2. The van der Waals surface area contributed by atoms with Gasteiger partial charge in [-0.15, -0.1) is 0 Å². The summed E-state index contributed by atoms with van der Waals surface area (Å²) in [6, 6.07) is 0. The Bertz CT molecular complexity index is 446. The molecule has 0 aliphatic rings. The van der Waals surface area contributed by atoms with E-state index in [4.69, 9.17) is 15.6 Å². The van der Waals surface area contributed by atoms with Crippen LogP contribution in [0.2, 0.25) is 0 Å². The van der Waals surface area contributed by atoms with Gasteiger partial charge in [0.2, 0.25) is 0 Å². The zero-order valence-corrected chi connectivity index (χ0v) is 8.86. The Hall–Kier alpha value is -2.33. The molecule has 6 nitrogen and oxygen atoms in total. The van der Waals surface area contributed by atoms with Gasteiger partial charge in [0, 0.05) is 0 Å². The number of carbonyl (C=O) groups excluding carboxylic acids is 1. The Morgan fingerprint density at radius 3 is 1.89 bits per heavy atom. The summed E-state index contributed by atoms with van der Waals surface area (Å²) in [5.41, 5.74) is 4.21. The predicted molar refractivity (Wildman–Crippen MR) is 49.2 cm³/mol. The number of nitrogens with two attached hydrogens (primary N) is 1. The zero-order valence-electron chi connectivity index (χ0n) is 8.86. The van der Waals surface area contributed by atoms with Crippen molar-refractivity contribution in [1.82, 2.24) is 9.97 Å². The third-order valence-corrected chi connectivity index (χ3v) is 1.39. The van der Waals surface area contributed by atoms with E-state index in [1.807, 2.05) is 0 Å². The quantitative estimate of drug-likeness (QED) is 0.793. The second-order valence-corrected chi connectivity index (χ2v) is 2.79. The minimum Gasteiger partial charge on any atom is -0.475 e. The number of aromatic nitrogens is 2. The Balaban J connectivity index is 0.000000399. The second-order valence-electron chi connectivity index (χ2n) is 2.79. The van der Waals surface area contributed by atoms with Crippen LogP contribution in [0.25, 0.3) is 0 Å². The van der Waals surface area contributed by atoms with Crippen LogP contribution in [0.15, 0.2) is 12.4 Å². The highest BCUT2D eigenvalue weighted by atomic mass is 19.4. The molecule has 0 unspecified atom stereocenters. The molecule has 3 N–H and O–H groups in total. The first kappa shape index (κ1) is 16.7. The lowest BCUT2D eigenvalue weighted by molar-refractivity contribution is -0.192. The van der Waals surface area contributed by atoms with Crippen molar-refractivity contribution in [1.29, 1.82) is 0 Å². The van der Waals surface area contributed by atoms with E-state index in [1.165, 1.54) is 0 Å². The molecule has 0 radical (unpaired) electrons. The van der Waals surface area contributed by atoms with Gasteiger partial charge < -0.3 is 10.8 Å². The first-order chi connectivity index (χ1) is 8.55. The van der Waals surface area contributed by atoms with Crippen LogP contribution in [-0.2, 0) is 4.79 Å². The molecule has 19 heavy (non-hydrogen) atoms. The lowest BCUT2D eigenvalue weighted by Gasteiger charge is -1.97. The summed E-state index contributed by atoms with van der Waals surface area (Å²) < 4.78 is 55.5.